The van der Waals surface area contributed by atoms with Crippen molar-refractivity contribution in [3.8, 4) is 0 Å². The molecule has 0 N–H and O–H groups in total. The lowest BCUT2D eigenvalue weighted by Crippen LogP contribution is -2.35. The van der Waals surface area contributed by atoms with Crippen LogP contribution in [0.2, 0.25) is 0 Å². The van der Waals surface area contributed by atoms with Crippen LogP contribution in [0.5, 0.6) is 0 Å². The Morgan fingerprint density at radius 3 is 2.50 bits per heavy atom. The van der Waals surface area contributed by atoms with E-state index >= 15 is 0 Å². The number of hydrogen-bond donors (Lipinski definition) is 0. The van der Waals surface area contributed by atoms with Crippen molar-refractivity contribution in [1.29, 1.82) is 0 Å². The summed E-state index contributed by atoms with van der Waals surface area (Å²) in [6.45, 7) is 2.21. The predicted octanol–water partition coefficient (Wildman–Crippen LogP) is 3.35. The van der Waals surface area contributed by atoms with E-state index in [9.17, 15) is 4.79 Å². The van der Waals surface area contributed by atoms with E-state index in [1.54, 1.807) is 17.4 Å². The van der Waals surface area contributed by atoms with E-state index < -0.39 is 0 Å². The molecule has 0 saturated carbocycles. The van der Waals surface area contributed by atoms with Crippen LogP contribution in [-0.4, -0.2) is 42.9 Å². The summed E-state index contributed by atoms with van der Waals surface area (Å²) < 4.78 is 0. The molecule has 0 fully saturated rings. The average molecular weight is 314 g/mol. The highest BCUT2D eigenvalue weighted by molar-refractivity contribution is 7.10. The Balaban J connectivity index is 2.04. The predicted molar refractivity (Wildman–Crippen MR) is 93.8 cm³/mol. The Bertz CT molecular complexity index is 591. The number of thiophene rings is 1. The summed E-state index contributed by atoms with van der Waals surface area (Å²) in [5.41, 5.74) is 1.15. The Hall–Kier alpha value is -1.91. The fourth-order valence-corrected chi connectivity index (χ4v) is 2.65. The molecule has 2 rings (SSSR count). The molecule has 116 valence electrons. The Morgan fingerprint density at radius 2 is 1.86 bits per heavy atom. The molecule has 0 aliphatic rings. The Labute approximate surface area is 136 Å². The molecule has 1 amide bonds. The maximum Gasteiger partial charge on any atom is 0.246 e. The number of hydrogen-bond acceptors (Lipinski definition) is 3. The summed E-state index contributed by atoms with van der Waals surface area (Å²) in [6.07, 6.45) is 3.56. The summed E-state index contributed by atoms with van der Waals surface area (Å²) in [4.78, 5) is 17.6. The van der Waals surface area contributed by atoms with Gasteiger partial charge in [-0.25, -0.2) is 0 Å². The van der Waals surface area contributed by atoms with Crippen LogP contribution < -0.4 is 0 Å². The minimum atomic E-state index is 0.0547. The number of benzene rings is 1. The molecule has 4 heteroatoms. The van der Waals surface area contributed by atoms with E-state index in [2.05, 4.69) is 17.0 Å². The fraction of sp³-hybridized carbons (Fsp3) is 0.278. The van der Waals surface area contributed by atoms with Crippen molar-refractivity contribution in [3.05, 3.63) is 64.4 Å². The van der Waals surface area contributed by atoms with Crippen molar-refractivity contribution < 1.29 is 4.79 Å². The second-order valence-corrected chi connectivity index (χ2v) is 6.38. The van der Waals surface area contributed by atoms with Crippen LogP contribution >= 0.6 is 11.3 Å². The fourth-order valence-electron chi connectivity index (χ4n) is 2.04. The van der Waals surface area contributed by atoms with E-state index in [0.717, 1.165) is 23.5 Å². The van der Waals surface area contributed by atoms with Crippen molar-refractivity contribution in [2.45, 2.75) is 6.54 Å². The van der Waals surface area contributed by atoms with E-state index in [-0.39, 0.29) is 5.91 Å². The molecular weight excluding hydrogens is 292 g/mol. The number of carbonyl (C=O) groups excluding carboxylic acids is 1. The second kappa shape index (κ2) is 8.51. The molecule has 1 aromatic carbocycles. The van der Waals surface area contributed by atoms with Gasteiger partial charge in [-0.2, -0.15) is 0 Å². The van der Waals surface area contributed by atoms with Crippen LogP contribution in [0.3, 0.4) is 0 Å². The van der Waals surface area contributed by atoms with Gasteiger partial charge in [-0.1, -0.05) is 36.4 Å². The Morgan fingerprint density at radius 1 is 1.09 bits per heavy atom. The van der Waals surface area contributed by atoms with Gasteiger partial charge in [-0.05, 0) is 37.2 Å². The van der Waals surface area contributed by atoms with Crippen LogP contribution in [-0.2, 0) is 11.3 Å². The average Bonchev–Trinajstić information content (AvgIpc) is 3.03. The molecule has 0 spiro atoms. The highest BCUT2D eigenvalue weighted by atomic mass is 32.1. The first-order valence-corrected chi connectivity index (χ1v) is 8.22. The monoisotopic (exact) mass is 314 g/mol. The van der Waals surface area contributed by atoms with Crippen molar-refractivity contribution >= 4 is 23.3 Å². The number of likely N-dealkylation sites (N-methyl/N-ethyl adjacent to an activating group) is 1. The summed E-state index contributed by atoms with van der Waals surface area (Å²) >= 11 is 1.63. The van der Waals surface area contributed by atoms with Crippen molar-refractivity contribution in [3.63, 3.8) is 0 Å². The van der Waals surface area contributed by atoms with Gasteiger partial charge in [-0.3, -0.25) is 4.79 Å². The molecule has 0 atom stereocenters. The maximum atomic E-state index is 12.5. The first-order chi connectivity index (χ1) is 10.6. The minimum Gasteiger partial charge on any atom is -0.334 e. The molecular formula is C18H22N2OS. The summed E-state index contributed by atoms with van der Waals surface area (Å²) in [7, 11) is 4.04. The van der Waals surface area contributed by atoms with E-state index in [1.807, 2.05) is 60.8 Å². The van der Waals surface area contributed by atoms with Gasteiger partial charge in [0, 0.05) is 30.6 Å². The number of nitrogens with zero attached hydrogens (tertiary/aromatic N) is 2. The molecule has 0 aliphatic carbocycles. The van der Waals surface area contributed by atoms with Crippen molar-refractivity contribution in [1.82, 2.24) is 9.80 Å². The molecule has 2 aromatic rings. The maximum absolute atomic E-state index is 12.5. The molecule has 0 radical (unpaired) electrons. The highest BCUT2D eigenvalue weighted by Gasteiger charge is 2.11. The zero-order valence-corrected chi connectivity index (χ0v) is 13.9. The molecule has 0 aliphatic heterocycles. The molecule has 0 unspecified atom stereocenters. The van der Waals surface area contributed by atoms with Crippen LogP contribution in [0.15, 0.2) is 53.9 Å². The van der Waals surface area contributed by atoms with Crippen LogP contribution in [0.1, 0.15) is 10.4 Å². The third kappa shape index (κ3) is 5.47. The van der Waals surface area contributed by atoms with Gasteiger partial charge in [0.2, 0.25) is 5.91 Å². The third-order valence-corrected chi connectivity index (χ3v) is 4.12. The van der Waals surface area contributed by atoms with Crippen molar-refractivity contribution in [2.24, 2.45) is 0 Å². The van der Waals surface area contributed by atoms with Gasteiger partial charge in [0.05, 0.1) is 0 Å². The third-order valence-electron chi connectivity index (χ3n) is 3.28. The van der Waals surface area contributed by atoms with Gasteiger partial charge in [0.25, 0.3) is 0 Å². The van der Waals surface area contributed by atoms with Gasteiger partial charge >= 0.3 is 0 Å². The first kappa shape index (κ1) is 16.5. The van der Waals surface area contributed by atoms with E-state index in [1.165, 1.54) is 0 Å². The van der Waals surface area contributed by atoms with Crippen molar-refractivity contribution in [2.75, 3.05) is 27.2 Å². The van der Waals surface area contributed by atoms with E-state index in [4.69, 9.17) is 0 Å². The minimum absolute atomic E-state index is 0.0547. The molecule has 3 nitrogen and oxygen atoms in total. The largest absolute Gasteiger partial charge is 0.334 e. The zero-order valence-electron chi connectivity index (χ0n) is 13.1. The smallest absolute Gasteiger partial charge is 0.246 e. The first-order valence-electron chi connectivity index (χ1n) is 7.34. The molecule has 0 bridgehead atoms. The number of amides is 1. The summed E-state index contributed by atoms with van der Waals surface area (Å²) in [6, 6.07) is 14.1. The lowest BCUT2D eigenvalue weighted by Gasteiger charge is -2.23. The van der Waals surface area contributed by atoms with Gasteiger partial charge < -0.3 is 9.80 Å². The summed E-state index contributed by atoms with van der Waals surface area (Å²) in [5, 5.41) is 2.01. The van der Waals surface area contributed by atoms with Crippen LogP contribution in [0.4, 0.5) is 0 Å². The normalized spacial score (nSPS) is 11.2. The second-order valence-electron chi connectivity index (χ2n) is 5.40. The molecule has 22 heavy (non-hydrogen) atoms. The van der Waals surface area contributed by atoms with Crippen LogP contribution in [0, 0.1) is 0 Å². The van der Waals surface area contributed by atoms with Gasteiger partial charge in [-0.15, -0.1) is 11.3 Å². The Kier molecular flexibility index (Phi) is 6.37. The number of rotatable bonds is 7. The quantitative estimate of drug-likeness (QED) is 0.732. The van der Waals surface area contributed by atoms with Crippen LogP contribution in [0.25, 0.3) is 6.08 Å². The molecule has 0 saturated heterocycles. The molecule has 1 aromatic heterocycles. The van der Waals surface area contributed by atoms with E-state index in [0.29, 0.717) is 6.54 Å². The zero-order chi connectivity index (χ0) is 15.8. The lowest BCUT2D eigenvalue weighted by molar-refractivity contribution is -0.126. The SMILES string of the molecule is CN(C)CCN(Cc1ccccc1)C(=O)/C=C/c1cccs1. The number of carbonyl (C=O) groups is 1. The lowest BCUT2D eigenvalue weighted by atomic mass is 10.2. The summed E-state index contributed by atoms with van der Waals surface area (Å²) in [5.74, 6) is 0.0547. The highest BCUT2D eigenvalue weighted by Crippen LogP contribution is 2.11. The van der Waals surface area contributed by atoms with Gasteiger partial charge in [0.1, 0.15) is 0 Å². The standard InChI is InChI=1S/C18H22N2OS/c1-19(2)12-13-20(15-16-7-4-3-5-8-16)18(21)11-10-17-9-6-14-22-17/h3-11,14H,12-13,15H2,1-2H3/b11-10+. The molecule has 1 heterocycles. The van der Waals surface area contributed by atoms with Gasteiger partial charge in [0.15, 0.2) is 0 Å². The topological polar surface area (TPSA) is 23.6 Å².